The van der Waals surface area contributed by atoms with Crippen LogP contribution in [0.4, 0.5) is 5.69 Å². The van der Waals surface area contributed by atoms with Gasteiger partial charge in [0.15, 0.2) is 0 Å². The third-order valence-corrected chi connectivity index (χ3v) is 4.38. The first kappa shape index (κ1) is 19.9. The van der Waals surface area contributed by atoms with Crippen LogP contribution in [-0.4, -0.2) is 44.0 Å². The van der Waals surface area contributed by atoms with Crippen molar-refractivity contribution in [2.75, 3.05) is 38.5 Å². The van der Waals surface area contributed by atoms with Crippen molar-refractivity contribution < 1.29 is 4.79 Å². The highest BCUT2D eigenvalue weighted by Crippen LogP contribution is 2.20. The third-order valence-electron chi connectivity index (χ3n) is 4.38. The van der Waals surface area contributed by atoms with E-state index in [1.165, 1.54) is 30.4 Å². The molecule has 130 valence electrons. The highest BCUT2D eigenvalue weighted by Gasteiger charge is 2.20. The summed E-state index contributed by atoms with van der Waals surface area (Å²) in [6.07, 6.45) is 3.66. The molecule has 23 heavy (non-hydrogen) atoms. The van der Waals surface area contributed by atoms with Crippen molar-refractivity contribution in [2.45, 2.75) is 33.1 Å². The summed E-state index contributed by atoms with van der Waals surface area (Å²) in [5.74, 6) is 0.907. The number of hydrogen-bond acceptors (Lipinski definition) is 3. The minimum atomic E-state index is 0. The number of amides is 1. The summed E-state index contributed by atoms with van der Waals surface area (Å²) in [7, 11) is 2.01. The molecule has 1 saturated heterocycles. The topological polar surface area (TPSA) is 44.4 Å². The standard InChI is InChI=1S/C18H29N3O.ClH/c1-14-10-15(2)12-17(11-14)20-18(22)13-21-8-5-16(6-9-21)4-7-19-3;/h10-12,16,19H,4-9,13H2,1-3H3,(H,20,22);1H. The van der Waals surface area contributed by atoms with E-state index in [4.69, 9.17) is 0 Å². The Balaban J connectivity index is 0.00000264. The zero-order valence-corrected chi connectivity index (χ0v) is 15.3. The largest absolute Gasteiger partial charge is 0.325 e. The van der Waals surface area contributed by atoms with Gasteiger partial charge in [-0.1, -0.05) is 6.07 Å². The van der Waals surface area contributed by atoms with Gasteiger partial charge in [0.05, 0.1) is 6.54 Å². The third kappa shape index (κ3) is 6.90. The van der Waals surface area contributed by atoms with Crippen LogP contribution in [0.3, 0.4) is 0 Å². The van der Waals surface area contributed by atoms with E-state index in [2.05, 4.69) is 35.4 Å². The van der Waals surface area contributed by atoms with Gasteiger partial charge in [-0.25, -0.2) is 0 Å². The maximum absolute atomic E-state index is 12.2. The Morgan fingerprint density at radius 2 is 1.78 bits per heavy atom. The van der Waals surface area contributed by atoms with Gasteiger partial charge in [0.25, 0.3) is 0 Å². The zero-order valence-electron chi connectivity index (χ0n) is 14.5. The minimum Gasteiger partial charge on any atom is -0.325 e. The second-order valence-electron chi connectivity index (χ2n) is 6.54. The van der Waals surface area contributed by atoms with Crippen LogP contribution in [0.25, 0.3) is 0 Å². The van der Waals surface area contributed by atoms with Crippen molar-refractivity contribution >= 4 is 24.0 Å². The van der Waals surface area contributed by atoms with E-state index < -0.39 is 0 Å². The Kier molecular flexibility index (Phi) is 8.59. The van der Waals surface area contributed by atoms with Gasteiger partial charge in [-0.15, -0.1) is 12.4 Å². The van der Waals surface area contributed by atoms with Crippen LogP contribution in [0.5, 0.6) is 0 Å². The quantitative estimate of drug-likeness (QED) is 0.837. The van der Waals surface area contributed by atoms with Crippen molar-refractivity contribution in [2.24, 2.45) is 5.92 Å². The van der Waals surface area contributed by atoms with Crippen LogP contribution in [0.15, 0.2) is 18.2 Å². The van der Waals surface area contributed by atoms with Gasteiger partial charge >= 0.3 is 0 Å². The van der Waals surface area contributed by atoms with E-state index in [1.807, 2.05) is 19.2 Å². The summed E-state index contributed by atoms with van der Waals surface area (Å²) < 4.78 is 0. The molecule has 2 N–H and O–H groups in total. The number of hydrogen-bond donors (Lipinski definition) is 2. The van der Waals surface area contributed by atoms with Gasteiger partial charge in [0, 0.05) is 5.69 Å². The second kappa shape index (κ2) is 9.91. The molecule has 1 amide bonds. The smallest absolute Gasteiger partial charge is 0.238 e. The van der Waals surface area contributed by atoms with E-state index in [0.29, 0.717) is 6.54 Å². The molecule has 0 aromatic heterocycles. The Morgan fingerprint density at radius 3 is 2.35 bits per heavy atom. The van der Waals surface area contributed by atoms with Gasteiger partial charge in [0.2, 0.25) is 5.91 Å². The monoisotopic (exact) mass is 339 g/mol. The zero-order chi connectivity index (χ0) is 15.9. The fraction of sp³-hybridized carbons (Fsp3) is 0.611. The van der Waals surface area contributed by atoms with Crippen LogP contribution in [0.2, 0.25) is 0 Å². The molecule has 2 rings (SSSR count). The predicted octanol–water partition coefficient (Wildman–Crippen LogP) is 2.99. The van der Waals surface area contributed by atoms with E-state index in [0.717, 1.165) is 31.2 Å². The average Bonchev–Trinajstić information content (AvgIpc) is 2.45. The summed E-state index contributed by atoms with van der Waals surface area (Å²) in [5, 5.41) is 6.24. The van der Waals surface area contributed by atoms with Crippen LogP contribution in [-0.2, 0) is 4.79 Å². The van der Waals surface area contributed by atoms with Crippen molar-refractivity contribution in [3.8, 4) is 0 Å². The predicted molar refractivity (Wildman–Crippen MR) is 99.5 cm³/mol. The molecule has 1 aliphatic heterocycles. The minimum absolute atomic E-state index is 0. The van der Waals surface area contributed by atoms with Crippen molar-refractivity contribution in [3.05, 3.63) is 29.3 Å². The first-order valence-corrected chi connectivity index (χ1v) is 8.32. The molecule has 1 heterocycles. The normalized spacial score (nSPS) is 16.0. The summed E-state index contributed by atoms with van der Waals surface area (Å²) >= 11 is 0. The number of likely N-dealkylation sites (tertiary alicyclic amines) is 1. The number of carbonyl (C=O) groups excluding carboxylic acids is 1. The van der Waals surface area contributed by atoms with Crippen molar-refractivity contribution in [1.82, 2.24) is 10.2 Å². The average molecular weight is 340 g/mol. The molecule has 0 spiro atoms. The first-order chi connectivity index (χ1) is 10.6. The van der Waals surface area contributed by atoms with Gasteiger partial charge in [-0.2, -0.15) is 0 Å². The van der Waals surface area contributed by atoms with Crippen LogP contribution in [0.1, 0.15) is 30.4 Å². The summed E-state index contributed by atoms with van der Waals surface area (Å²) in [6.45, 7) is 7.78. The van der Waals surface area contributed by atoms with Gasteiger partial charge in [0.1, 0.15) is 0 Å². The molecular formula is C18H30ClN3O. The fourth-order valence-electron chi connectivity index (χ4n) is 3.23. The number of anilines is 1. The molecule has 0 bridgehead atoms. The van der Waals surface area contributed by atoms with E-state index in [-0.39, 0.29) is 18.3 Å². The number of carbonyl (C=O) groups is 1. The Labute approximate surface area is 146 Å². The lowest BCUT2D eigenvalue weighted by molar-refractivity contribution is -0.117. The van der Waals surface area contributed by atoms with Crippen LogP contribution in [0, 0.1) is 19.8 Å². The molecule has 0 atom stereocenters. The highest BCUT2D eigenvalue weighted by molar-refractivity contribution is 5.92. The van der Waals surface area contributed by atoms with E-state index in [9.17, 15) is 4.79 Å². The number of aryl methyl sites for hydroxylation is 2. The molecule has 0 radical (unpaired) electrons. The number of rotatable bonds is 6. The SMILES string of the molecule is CNCCC1CCN(CC(=O)Nc2cc(C)cc(C)c2)CC1.Cl. The molecule has 1 aromatic rings. The van der Waals surface area contributed by atoms with Crippen LogP contribution >= 0.6 is 12.4 Å². The Hall–Kier alpha value is -1.10. The van der Waals surface area contributed by atoms with Crippen molar-refractivity contribution in [3.63, 3.8) is 0 Å². The highest BCUT2D eigenvalue weighted by atomic mass is 35.5. The van der Waals surface area contributed by atoms with Gasteiger partial charge in [-0.3, -0.25) is 9.69 Å². The van der Waals surface area contributed by atoms with E-state index in [1.54, 1.807) is 0 Å². The molecule has 1 aromatic carbocycles. The lowest BCUT2D eigenvalue weighted by atomic mass is 9.93. The number of nitrogens with one attached hydrogen (secondary N) is 2. The molecule has 4 nitrogen and oxygen atoms in total. The first-order valence-electron chi connectivity index (χ1n) is 8.32. The van der Waals surface area contributed by atoms with Crippen LogP contribution < -0.4 is 10.6 Å². The molecule has 1 fully saturated rings. The van der Waals surface area contributed by atoms with Gasteiger partial charge < -0.3 is 10.6 Å². The lowest BCUT2D eigenvalue weighted by Crippen LogP contribution is -2.39. The van der Waals surface area contributed by atoms with Gasteiger partial charge in [-0.05, 0) is 89.0 Å². The molecular weight excluding hydrogens is 310 g/mol. The maximum atomic E-state index is 12.2. The van der Waals surface area contributed by atoms with E-state index >= 15 is 0 Å². The number of nitrogens with zero attached hydrogens (tertiary/aromatic N) is 1. The molecule has 5 heteroatoms. The fourth-order valence-corrected chi connectivity index (χ4v) is 3.23. The number of piperidine rings is 1. The molecule has 0 aliphatic carbocycles. The number of halogens is 1. The molecule has 1 aliphatic rings. The lowest BCUT2D eigenvalue weighted by Gasteiger charge is -2.31. The summed E-state index contributed by atoms with van der Waals surface area (Å²) in [4.78, 5) is 14.5. The Bertz CT molecular complexity index is 479. The maximum Gasteiger partial charge on any atom is 0.238 e. The van der Waals surface area contributed by atoms with Crippen molar-refractivity contribution in [1.29, 1.82) is 0 Å². The number of benzene rings is 1. The molecule has 0 unspecified atom stereocenters. The molecule has 0 saturated carbocycles. The summed E-state index contributed by atoms with van der Waals surface area (Å²) in [6, 6.07) is 6.16. The second-order valence-corrected chi connectivity index (χ2v) is 6.54. The summed E-state index contributed by atoms with van der Waals surface area (Å²) in [5.41, 5.74) is 3.27. The Morgan fingerprint density at radius 1 is 1.17 bits per heavy atom.